The van der Waals surface area contributed by atoms with Crippen LogP contribution in [0.3, 0.4) is 0 Å². The molecule has 1 atom stereocenters. The fourth-order valence-electron chi connectivity index (χ4n) is 2.94. The Kier molecular flexibility index (Phi) is 4.73. The number of aliphatic carboxylic acids is 1. The Balaban J connectivity index is 2.41. The van der Waals surface area contributed by atoms with Crippen molar-refractivity contribution in [1.82, 2.24) is 4.57 Å². The molecule has 1 saturated carbocycles. The molecule has 28 heavy (non-hydrogen) atoms. The number of rotatable bonds is 7. The largest absolute Gasteiger partial charge is 0.480 e. The molecule has 1 aliphatic carbocycles. The minimum absolute atomic E-state index is 0.312. The van der Waals surface area contributed by atoms with Crippen molar-refractivity contribution in [3.05, 3.63) is 44.0 Å². The molecule has 0 spiro atoms. The normalized spacial score (nSPS) is 14.6. The zero-order valence-corrected chi connectivity index (χ0v) is 14.1. The fraction of sp³-hybridized carbons (Fsp3) is 0.312. The van der Waals surface area contributed by atoms with Crippen LogP contribution >= 0.6 is 0 Å². The molecule has 0 saturated heterocycles. The van der Waals surface area contributed by atoms with Crippen molar-refractivity contribution < 1.29 is 34.2 Å². The van der Waals surface area contributed by atoms with Gasteiger partial charge in [-0.25, -0.2) is 14.0 Å². The van der Waals surface area contributed by atoms with Gasteiger partial charge in [-0.05, 0) is 18.9 Å². The van der Waals surface area contributed by atoms with Gasteiger partial charge in [0.25, 0.3) is 0 Å². The molecule has 11 nitrogen and oxygen atoms in total. The van der Waals surface area contributed by atoms with Crippen LogP contribution in [-0.4, -0.2) is 49.4 Å². The molecule has 0 bridgehead atoms. The fourth-order valence-corrected chi connectivity index (χ4v) is 2.94. The number of carboxylic acids is 2. The number of anilines is 1. The molecule has 0 aliphatic heterocycles. The third-order valence-corrected chi connectivity index (χ3v) is 4.39. The third-order valence-electron chi connectivity index (χ3n) is 4.39. The minimum Gasteiger partial charge on any atom is -0.480 e. The first-order chi connectivity index (χ1) is 13.2. The lowest BCUT2D eigenvalue weighted by Gasteiger charge is -2.17. The van der Waals surface area contributed by atoms with E-state index in [0.717, 1.165) is 6.20 Å². The number of nitrogens with zero attached hydrogens (tertiary/aromatic N) is 2. The van der Waals surface area contributed by atoms with Crippen LogP contribution in [0.2, 0.25) is 0 Å². The molecule has 0 amide bonds. The lowest BCUT2D eigenvalue weighted by atomic mass is 10.1. The zero-order chi connectivity index (χ0) is 20.7. The van der Waals surface area contributed by atoms with Gasteiger partial charge in [-0.1, -0.05) is 0 Å². The summed E-state index contributed by atoms with van der Waals surface area (Å²) in [4.78, 5) is 45.6. The molecular weight excluding hydrogens is 381 g/mol. The summed E-state index contributed by atoms with van der Waals surface area (Å²) in [7, 11) is 0. The molecule has 1 aromatic heterocycles. The number of benzene rings is 1. The van der Waals surface area contributed by atoms with Gasteiger partial charge in [-0.15, -0.1) is 0 Å². The van der Waals surface area contributed by atoms with E-state index in [4.69, 9.17) is 10.2 Å². The average molecular weight is 395 g/mol. The van der Waals surface area contributed by atoms with Crippen LogP contribution in [0.4, 0.5) is 15.8 Å². The summed E-state index contributed by atoms with van der Waals surface area (Å²) in [5.74, 6) is -4.45. The van der Waals surface area contributed by atoms with Gasteiger partial charge in [0.05, 0.1) is 16.9 Å². The summed E-state index contributed by atoms with van der Waals surface area (Å²) in [6.07, 6.45) is 2.12. The van der Waals surface area contributed by atoms with Gasteiger partial charge in [0.1, 0.15) is 17.1 Å². The molecule has 148 valence electrons. The van der Waals surface area contributed by atoms with Crippen LogP contribution in [0.15, 0.2) is 17.1 Å². The highest BCUT2D eigenvalue weighted by Gasteiger charge is 2.34. The zero-order valence-electron chi connectivity index (χ0n) is 14.1. The Hall–Kier alpha value is -3.54. The second-order valence-electron chi connectivity index (χ2n) is 6.27. The van der Waals surface area contributed by atoms with Gasteiger partial charge in [0.2, 0.25) is 5.43 Å². The number of aromatic nitrogens is 1. The maximum absolute atomic E-state index is 14.6. The predicted octanol–water partition coefficient (Wildman–Crippen LogP) is 0.939. The van der Waals surface area contributed by atoms with Gasteiger partial charge in [-0.3, -0.25) is 14.9 Å². The predicted molar refractivity (Wildman–Crippen MR) is 92.2 cm³/mol. The standard InChI is InChI=1S/C16H14FN3O8/c17-9-3-7-12(13(20(27)28)11(9)18-10(5-21)16(25)26)19(6-1-2-6)4-8(14(7)22)15(23)24/h3-4,6,10,18,21H,1-2,5H2,(H,23,24)(H,25,26). The van der Waals surface area contributed by atoms with Crippen molar-refractivity contribution in [2.45, 2.75) is 24.9 Å². The van der Waals surface area contributed by atoms with Crippen LogP contribution in [0.25, 0.3) is 10.9 Å². The maximum atomic E-state index is 14.6. The Bertz CT molecular complexity index is 1080. The molecule has 0 radical (unpaired) electrons. The van der Waals surface area contributed by atoms with E-state index >= 15 is 0 Å². The number of nitro groups is 1. The van der Waals surface area contributed by atoms with Crippen molar-refractivity contribution in [3.8, 4) is 0 Å². The summed E-state index contributed by atoms with van der Waals surface area (Å²) >= 11 is 0. The monoisotopic (exact) mass is 395 g/mol. The molecule has 1 fully saturated rings. The van der Waals surface area contributed by atoms with Gasteiger partial charge in [0, 0.05) is 12.2 Å². The Morgan fingerprint density at radius 3 is 2.50 bits per heavy atom. The van der Waals surface area contributed by atoms with Crippen molar-refractivity contribution in [2.24, 2.45) is 0 Å². The molecule has 4 N–H and O–H groups in total. The number of hydrogen-bond acceptors (Lipinski definition) is 7. The van der Waals surface area contributed by atoms with Gasteiger partial charge in [-0.2, -0.15) is 0 Å². The summed E-state index contributed by atoms with van der Waals surface area (Å²) in [6.45, 7) is -0.975. The van der Waals surface area contributed by atoms with Gasteiger partial charge >= 0.3 is 17.6 Å². The number of halogens is 1. The quantitative estimate of drug-likeness (QED) is 0.393. The lowest BCUT2D eigenvalue weighted by Crippen LogP contribution is -2.33. The maximum Gasteiger partial charge on any atom is 0.341 e. The van der Waals surface area contributed by atoms with E-state index in [2.05, 4.69) is 5.32 Å². The second kappa shape index (κ2) is 6.88. The number of fused-ring (bicyclic) bond motifs is 1. The molecule has 1 heterocycles. The number of carbonyl (C=O) groups is 2. The van der Waals surface area contributed by atoms with Crippen LogP contribution in [0.5, 0.6) is 0 Å². The smallest absolute Gasteiger partial charge is 0.341 e. The Labute approximate surface area is 154 Å². The van der Waals surface area contributed by atoms with Crippen molar-refractivity contribution in [1.29, 1.82) is 0 Å². The van der Waals surface area contributed by atoms with E-state index in [1.165, 1.54) is 4.57 Å². The van der Waals surface area contributed by atoms with E-state index in [1.54, 1.807) is 0 Å². The average Bonchev–Trinajstić information content (AvgIpc) is 3.44. The molecule has 1 aromatic carbocycles. The second-order valence-corrected chi connectivity index (χ2v) is 6.27. The van der Waals surface area contributed by atoms with Gasteiger partial charge < -0.3 is 25.2 Å². The van der Waals surface area contributed by atoms with E-state index < -0.39 is 63.1 Å². The summed E-state index contributed by atoms with van der Waals surface area (Å²) in [5.41, 5.74) is -3.78. The first-order valence-corrected chi connectivity index (χ1v) is 8.06. The molecule has 3 rings (SSSR count). The van der Waals surface area contributed by atoms with E-state index in [-0.39, 0.29) is 11.6 Å². The van der Waals surface area contributed by atoms with Gasteiger partial charge in [0.15, 0.2) is 11.5 Å². The van der Waals surface area contributed by atoms with E-state index in [1.807, 2.05) is 0 Å². The number of pyridine rings is 1. The summed E-state index contributed by atoms with van der Waals surface area (Å²) in [5, 5.41) is 40.7. The molecule has 1 unspecified atom stereocenters. The van der Waals surface area contributed by atoms with E-state index in [0.29, 0.717) is 18.9 Å². The highest BCUT2D eigenvalue weighted by Crippen LogP contribution is 2.42. The van der Waals surface area contributed by atoms with Crippen molar-refractivity contribution in [3.63, 3.8) is 0 Å². The first-order valence-electron chi connectivity index (χ1n) is 8.06. The molecule has 12 heteroatoms. The van der Waals surface area contributed by atoms with Crippen molar-refractivity contribution >= 4 is 34.2 Å². The third kappa shape index (κ3) is 3.13. The molecule has 1 aliphatic rings. The van der Waals surface area contributed by atoms with Crippen LogP contribution in [-0.2, 0) is 4.79 Å². The van der Waals surface area contributed by atoms with Crippen LogP contribution in [0, 0.1) is 15.9 Å². The minimum atomic E-state index is -1.73. The number of carboxylic acid groups (broad SMARTS) is 2. The number of nitrogens with one attached hydrogen (secondary N) is 1. The SMILES string of the molecule is O=C(O)c1cn(C2CC2)c2c([N+](=O)[O-])c(NC(CO)C(=O)O)c(F)cc2c1=O. The first kappa shape index (κ1) is 19.2. The number of aromatic carboxylic acids is 1. The molecule has 2 aromatic rings. The van der Waals surface area contributed by atoms with E-state index in [9.17, 15) is 34.0 Å². The lowest BCUT2D eigenvalue weighted by molar-refractivity contribution is -0.382. The number of nitro benzene ring substituents is 1. The topological polar surface area (TPSA) is 172 Å². The number of aliphatic hydroxyl groups is 1. The van der Waals surface area contributed by atoms with Crippen LogP contribution in [0.1, 0.15) is 29.2 Å². The number of hydrogen-bond donors (Lipinski definition) is 4. The molecular formula is C16H14FN3O8. The van der Waals surface area contributed by atoms with Crippen LogP contribution < -0.4 is 10.7 Å². The Morgan fingerprint density at radius 1 is 1.39 bits per heavy atom. The Morgan fingerprint density at radius 2 is 2.04 bits per heavy atom. The number of aliphatic hydroxyl groups excluding tert-OH is 1. The highest BCUT2D eigenvalue weighted by atomic mass is 19.1. The van der Waals surface area contributed by atoms with Crippen molar-refractivity contribution in [2.75, 3.05) is 11.9 Å². The summed E-state index contributed by atoms with van der Waals surface area (Å²) in [6, 6.07) is -1.41. The summed E-state index contributed by atoms with van der Waals surface area (Å²) < 4.78 is 15.9. The highest BCUT2D eigenvalue weighted by molar-refractivity contribution is 5.99.